The van der Waals surface area contributed by atoms with Gasteiger partial charge in [0.1, 0.15) is 0 Å². The second kappa shape index (κ2) is 8.60. The first-order valence-corrected chi connectivity index (χ1v) is 9.41. The van der Waals surface area contributed by atoms with E-state index in [-0.39, 0.29) is 32.2 Å². The summed E-state index contributed by atoms with van der Waals surface area (Å²) in [6.45, 7) is 2.89. The van der Waals surface area contributed by atoms with Gasteiger partial charge in [-0.15, -0.1) is 12.4 Å². The van der Waals surface area contributed by atoms with Gasteiger partial charge in [-0.1, -0.05) is 54.6 Å². The van der Waals surface area contributed by atoms with E-state index in [2.05, 4.69) is 59.9 Å². The van der Waals surface area contributed by atoms with Crippen LogP contribution in [-0.2, 0) is 11.3 Å². The molecule has 0 aromatic heterocycles. The molecule has 0 amide bonds. The van der Waals surface area contributed by atoms with Gasteiger partial charge < -0.3 is 20.3 Å². The van der Waals surface area contributed by atoms with Gasteiger partial charge in [0.25, 0.3) is 0 Å². The molecule has 0 aliphatic rings. The number of hydrogen-bond acceptors (Lipinski definition) is 4. The predicted molar refractivity (Wildman–Crippen MR) is 118 cm³/mol. The highest BCUT2D eigenvalue weighted by molar-refractivity contribution is 6.23. The number of aliphatic hydroxyl groups is 2. The van der Waals surface area contributed by atoms with Crippen molar-refractivity contribution in [3.63, 3.8) is 0 Å². The summed E-state index contributed by atoms with van der Waals surface area (Å²) in [4.78, 5) is 0. The predicted octanol–water partition coefficient (Wildman–Crippen LogP) is 3.86. The molecule has 0 saturated heterocycles. The van der Waals surface area contributed by atoms with Gasteiger partial charge in [-0.2, -0.15) is 0 Å². The van der Waals surface area contributed by atoms with Gasteiger partial charge in [0.15, 0.2) is 0 Å². The Kier molecular flexibility index (Phi) is 6.38. The molecule has 4 aromatic carbocycles. The third kappa shape index (κ3) is 3.54. The zero-order valence-corrected chi connectivity index (χ0v) is 16.8. The Morgan fingerprint density at radius 2 is 1.46 bits per heavy atom. The van der Waals surface area contributed by atoms with Gasteiger partial charge in [-0.25, -0.2) is 0 Å². The van der Waals surface area contributed by atoms with E-state index in [1.807, 2.05) is 6.92 Å². The summed E-state index contributed by atoms with van der Waals surface area (Å²) in [5.41, 5.74) is 0.295. The van der Waals surface area contributed by atoms with E-state index in [1.165, 1.54) is 32.3 Å². The molecule has 0 unspecified atom stereocenters. The Morgan fingerprint density at radius 1 is 0.857 bits per heavy atom. The Bertz CT molecular complexity index is 1050. The summed E-state index contributed by atoms with van der Waals surface area (Å²) >= 11 is 0. The molecular formula is C23H26ClNO3. The van der Waals surface area contributed by atoms with Crippen LogP contribution in [0.2, 0.25) is 0 Å². The molecule has 0 aliphatic heterocycles. The van der Waals surface area contributed by atoms with Gasteiger partial charge in [0.2, 0.25) is 0 Å². The maximum atomic E-state index is 9.81. The highest BCUT2D eigenvalue weighted by Crippen LogP contribution is 2.35. The van der Waals surface area contributed by atoms with Gasteiger partial charge >= 0.3 is 0 Å². The second-order valence-corrected chi connectivity index (χ2v) is 7.17. The van der Waals surface area contributed by atoms with E-state index in [0.717, 1.165) is 5.56 Å². The molecule has 5 heteroatoms. The fourth-order valence-electron chi connectivity index (χ4n) is 3.83. The topological polar surface area (TPSA) is 61.7 Å². The zero-order chi connectivity index (χ0) is 18.9. The molecule has 3 N–H and O–H groups in total. The SMILES string of the molecule is CCOCC(CO)(CO)NCc1ccc2ccc3cccc4ccc1c2c34.Cl. The van der Waals surface area contributed by atoms with E-state index in [0.29, 0.717) is 13.2 Å². The highest BCUT2D eigenvalue weighted by atomic mass is 35.5. The fourth-order valence-corrected chi connectivity index (χ4v) is 3.83. The lowest BCUT2D eigenvalue weighted by Crippen LogP contribution is -2.55. The number of aliphatic hydroxyl groups excluding tert-OH is 2. The van der Waals surface area contributed by atoms with E-state index in [1.54, 1.807) is 0 Å². The van der Waals surface area contributed by atoms with Crippen molar-refractivity contribution in [3.05, 3.63) is 60.2 Å². The van der Waals surface area contributed by atoms with Gasteiger partial charge in [-0.3, -0.25) is 0 Å². The molecular weight excluding hydrogens is 374 g/mol. The summed E-state index contributed by atoms with van der Waals surface area (Å²) in [5, 5.41) is 30.4. The molecule has 0 radical (unpaired) electrons. The van der Waals surface area contributed by atoms with E-state index in [4.69, 9.17) is 4.74 Å². The molecule has 0 bridgehead atoms. The van der Waals surface area contributed by atoms with Gasteiger partial charge in [0, 0.05) is 13.2 Å². The van der Waals surface area contributed by atoms with Crippen molar-refractivity contribution in [2.45, 2.75) is 19.0 Å². The number of ether oxygens (including phenoxy) is 1. The largest absolute Gasteiger partial charge is 0.394 e. The first-order valence-electron chi connectivity index (χ1n) is 9.41. The van der Waals surface area contributed by atoms with Crippen molar-refractivity contribution in [2.75, 3.05) is 26.4 Å². The average molecular weight is 400 g/mol. The average Bonchev–Trinajstić information content (AvgIpc) is 2.73. The van der Waals surface area contributed by atoms with Gasteiger partial charge in [-0.05, 0) is 44.8 Å². The van der Waals surface area contributed by atoms with Crippen molar-refractivity contribution in [3.8, 4) is 0 Å². The minimum absolute atomic E-state index is 0. The summed E-state index contributed by atoms with van der Waals surface area (Å²) < 4.78 is 5.47. The minimum Gasteiger partial charge on any atom is -0.394 e. The third-order valence-electron chi connectivity index (χ3n) is 5.46. The first kappa shape index (κ1) is 20.8. The lowest BCUT2D eigenvalue weighted by molar-refractivity contribution is 0.00757. The van der Waals surface area contributed by atoms with Gasteiger partial charge in [0.05, 0.1) is 25.4 Å². The van der Waals surface area contributed by atoms with Crippen LogP contribution in [0.15, 0.2) is 54.6 Å². The lowest BCUT2D eigenvalue weighted by Gasteiger charge is -2.31. The summed E-state index contributed by atoms with van der Waals surface area (Å²) in [5.74, 6) is 0. The lowest BCUT2D eigenvalue weighted by atomic mass is 9.91. The number of halogens is 1. The standard InChI is InChI=1S/C23H25NO3.ClH/c1-2-27-15-23(13-25,14-26)24-12-19-9-8-18-7-6-16-4-3-5-17-10-11-20(19)22(18)21(16)17;/h3-11,24-26H,2,12-15H2,1H3;1H. The molecule has 4 aromatic rings. The fraction of sp³-hybridized carbons (Fsp3) is 0.304. The Hall–Kier alpha value is -1.95. The molecule has 0 heterocycles. The van der Waals surface area contributed by atoms with Crippen LogP contribution in [0.4, 0.5) is 0 Å². The van der Waals surface area contributed by atoms with Crippen LogP contribution in [-0.4, -0.2) is 42.2 Å². The van der Waals surface area contributed by atoms with E-state index < -0.39 is 5.54 Å². The molecule has 4 nitrogen and oxygen atoms in total. The first-order chi connectivity index (χ1) is 13.2. The quantitative estimate of drug-likeness (QED) is 0.394. The van der Waals surface area contributed by atoms with E-state index in [9.17, 15) is 10.2 Å². The van der Waals surface area contributed by atoms with Crippen LogP contribution in [0.3, 0.4) is 0 Å². The van der Waals surface area contributed by atoms with Crippen LogP contribution in [0.5, 0.6) is 0 Å². The number of nitrogens with one attached hydrogen (secondary N) is 1. The highest BCUT2D eigenvalue weighted by Gasteiger charge is 2.28. The normalized spacial score (nSPS) is 12.1. The second-order valence-electron chi connectivity index (χ2n) is 7.17. The van der Waals surface area contributed by atoms with Crippen LogP contribution in [0, 0.1) is 0 Å². The smallest absolute Gasteiger partial charge is 0.0886 e. The van der Waals surface area contributed by atoms with E-state index >= 15 is 0 Å². The van der Waals surface area contributed by atoms with Crippen molar-refractivity contribution >= 4 is 44.7 Å². The van der Waals surface area contributed by atoms with Crippen LogP contribution >= 0.6 is 12.4 Å². The minimum atomic E-state index is -0.847. The summed E-state index contributed by atoms with van der Waals surface area (Å²) in [7, 11) is 0. The van der Waals surface area contributed by atoms with Crippen LogP contribution < -0.4 is 5.32 Å². The Balaban J connectivity index is 0.00000225. The summed E-state index contributed by atoms with van der Waals surface area (Å²) in [6, 6.07) is 19.3. The number of rotatable bonds is 8. The van der Waals surface area contributed by atoms with Crippen LogP contribution in [0.1, 0.15) is 12.5 Å². The Morgan fingerprint density at radius 3 is 2.11 bits per heavy atom. The Labute approximate surface area is 170 Å². The maximum Gasteiger partial charge on any atom is 0.0886 e. The molecule has 0 atom stereocenters. The van der Waals surface area contributed by atoms with Crippen molar-refractivity contribution in [1.29, 1.82) is 0 Å². The maximum absolute atomic E-state index is 9.81. The molecule has 0 aliphatic carbocycles. The molecule has 4 rings (SSSR count). The monoisotopic (exact) mass is 399 g/mol. The number of benzene rings is 4. The molecule has 28 heavy (non-hydrogen) atoms. The molecule has 0 spiro atoms. The number of hydrogen-bond donors (Lipinski definition) is 3. The summed E-state index contributed by atoms with van der Waals surface area (Å²) in [6.07, 6.45) is 0. The zero-order valence-electron chi connectivity index (χ0n) is 15.9. The molecule has 0 fully saturated rings. The van der Waals surface area contributed by atoms with Crippen molar-refractivity contribution in [1.82, 2.24) is 5.32 Å². The molecule has 148 valence electrons. The third-order valence-corrected chi connectivity index (χ3v) is 5.46. The van der Waals surface area contributed by atoms with Crippen molar-refractivity contribution in [2.24, 2.45) is 0 Å². The molecule has 0 saturated carbocycles. The van der Waals surface area contributed by atoms with Crippen LogP contribution in [0.25, 0.3) is 32.3 Å². The van der Waals surface area contributed by atoms with Crippen molar-refractivity contribution < 1.29 is 14.9 Å².